The number of benzene rings is 2. The fourth-order valence-electron chi connectivity index (χ4n) is 2.70. The zero-order valence-corrected chi connectivity index (χ0v) is 13.2. The summed E-state index contributed by atoms with van der Waals surface area (Å²) in [6.07, 6.45) is 0. The number of aromatic hydroxyl groups is 1. The van der Waals surface area contributed by atoms with Gasteiger partial charge in [0.15, 0.2) is 5.56 Å². The number of carbonyl (C=O) groups is 1. The number of esters is 1. The van der Waals surface area contributed by atoms with Crippen LogP contribution in [0.5, 0.6) is 5.75 Å². The maximum atomic E-state index is 12.8. The topological polar surface area (TPSA) is 68.5 Å². The first-order valence-electron chi connectivity index (χ1n) is 7.69. The Labute approximate surface area is 138 Å². The van der Waals surface area contributed by atoms with Gasteiger partial charge in [0.25, 0.3) is 5.56 Å². The molecule has 5 nitrogen and oxygen atoms in total. The highest BCUT2D eigenvalue weighted by Crippen LogP contribution is 2.27. The number of pyridine rings is 1. The van der Waals surface area contributed by atoms with Crippen LogP contribution in [0.1, 0.15) is 22.8 Å². The molecule has 0 atom stereocenters. The van der Waals surface area contributed by atoms with Crippen molar-refractivity contribution in [2.45, 2.75) is 13.5 Å². The van der Waals surface area contributed by atoms with Crippen LogP contribution >= 0.6 is 0 Å². The largest absolute Gasteiger partial charge is 0.506 e. The van der Waals surface area contributed by atoms with Gasteiger partial charge in [0.05, 0.1) is 18.7 Å². The van der Waals surface area contributed by atoms with Gasteiger partial charge in [-0.2, -0.15) is 0 Å². The van der Waals surface area contributed by atoms with Crippen LogP contribution in [0.15, 0.2) is 59.4 Å². The van der Waals surface area contributed by atoms with Gasteiger partial charge in [0, 0.05) is 5.39 Å². The smallest absolute Gasteiger partial charge is 0.347 e. The molecule has 0 saturated carbocycles. The molecule has 0 spiro atoms. The summed E-state index contributed by atoms with van der Waals surface area (Å²) in [4.78, 5) is 25.0. The van der Waals surface area contributed by atoms with Crippen LogP contribution in [-0.2, 0) is 11.3 Å². The standard InChI is InChI=1S/C19H17NO4/c1-2-24-19(23)16-17(21)14-10-6-7-11-15(14)20(18(16)22)12-13-8-4-3-5-9-13/h3-11,21H,2,12H2,1H3. The molecule has 1 N–H and O–H groups in total. The quantitative estimate of drug-likeness (QED) is 0.750. The number of ether oxygens (including phenoxy) is 1. The molecule has 0 radical (unpaired) electrons. The van der Waals surface area contributed by atoms with Crippen LogP contribution in [0.2, 0.25) is 0 Å². The van der Waals surface area contributed by atoms with Crippen LogP contribution in [0.3, 0.4) is 0 Å². The second kappa shape index (κ2) is 6.58. The van der Waals surface area contributed by atoms with Gasteiger partial charge in [0.1, 0.15) is 5.75 Å². The zero-order valence-electron chi connectivity index (χ0n) is 13.2. The Morgan fingerprint density at radius 2 is 1.75 bits per heavy atom. The molecule has 24 heavy (non-hydrogen) atoms. The van der Waals surface area contributed by atoms with Gasteiger partial charge in [-0.05, 0) is 24.6 Å². The lowest BCUT2D eigenvalue weighted by Gasteiger charge is -2.14. The number of para-hydroxylation sites is 1. The average molecular weight is 323 g/mol. The Hall–Kier alpha value is -3.08. The normalized spacial score (nSPS) is 10.7. The summed E-state index contributed by atoms with van der Waals surface area (Å²) in [5.41, 5.74) is 0.599. The van der Waals surface area contributed by atoms with Gasteiger partial charge < -0.3 is 14.4 Å². The Morgan fingerprint density at radius 1 is 1.08 bits per heavy atom. The molecule has 3 aromatic rings. The molecule has 1 aromatic heterocycles. The van der Waals surface area contributed by atoms with Crippen molar-refractivity contribution in [3.63, 3.8) is 0 Å². The van der Waals surface area contributed by atoms with Gasteiger partial charge in [-0.15, -0.1) is 0 Å². The third-order valence-corrected chi connectivity index (χ3v) is 3.81. The van der Waals surface area contributed by atoms with Gasteiger partial charge in [0.2, 0.25) is 0 Å². The van der Waals surface area contributed by atoms with Crippen molar-refractivity contribution in [3.8, 4) is 5.75 Å². The van der Waals surface area contributed by atoms with Gasteiger partial charge in [-0.3, -0.25) is 4.79 Å². The molecule has 0 aliphatic rings. The van der Waals surface area contributed by atoms with E-state index >= 15 is 0 Å². The summed E-state index contributed by atoms with van der Waals surface area (Å²) < 4.78 is 6.41. The third kappa shape index (κ3) is 2.76. The maximum absolute atomic E-state index is 12.8. The first-order valence-corrected chi connectivity index (χ1v) is 7.69. The lowest BCUT2D eigenvalue weighted by molar-refractivity contribution is 0.0520. The van der Waals surface area contributed by atoms with Crippen molar-refractivity contribution < 1.29 is 14.6 Å². The summed E-state index contributed by atoms with van der Waals surface area (Å²) in [6.45, 7) is 2.08. The molecule has 1 heterocycles. The molecule has 0 unspecified atom stereocenters. The number of aromatic nitrogens is 1. The maximum Gasteiger partial charge on any atom is 0.347 e. The molecule has 5 heteroatoms. The minimum absolute atomic E-state index is 0.128. The summed E-state index contributed by atoms with van der Waals surface area (Å²) in [7, 11) is 0. The highest BCUT2D eigenvalue weighted by Gasteiger charge is 2.23. The van der Waals surface area contributed by atoms with Gasteiger partial charge in [-0.25, -0.2) is 4.79 Å². The highest BCUT2D eigenvalue weighted by atomic mass is 16.5. The Bertz CT molecular complexity index is 945. The number of hydrogen-bond acceptors (Lipinski definition) is 4. The first kappa shape index (κ1) is 15.8. The van der Waals surface area contributed by atoms with Crippen molar-refractivity contribution in [2.75, 3.05) is 6.61 Å². The van der Waals surface area contributed by atoms with E-state index in [4.69, 9.17) is 4.74 Å². The zero-order chi connectivity index (χ0) is 17.1. The molecule has 0 aliphatic heterocycles. The van der Waals surface area contributed by atoms with E-state index in [-0.39, 0.29) is 17.9 Å². The van der Waals surface area contributed by atoms with Gasteiger partial charge >= 0.3 is 5.97 Å². The van der Waals surface area contributed by atoms with Crippen LogP contribution in [0, 0.1) is 0 Å². The van der Waals surface area contributed by atoms with Crippen molar-refractivity contribution in [1.82, 2.24) is 4.57 Å². The van der Waals surface area contributed by atoms with Crippen LogP contribution in [0.25, 0.3) is 10.9 Å². The van der Waals surface area contributed by atoms with Crippen molar-refractivity contribution >= 4 is 16.9 Å². The number of hydrogen-bond donors (Lipinski definition) is 1. The second-order valence-electron chi connectivity index (χ2n) is 5.34. The average Bonchev–Trinajstić information content (AvgIpc) is 2.60. The molecule has 0 amide bonds. The molecular formula is C19H17NO4. The molecule has 0 fully saturated rings. The molecule has 2 aromatic carbocycles. The summed E-state index contributed by atoms with van der Waals surface area (Å²) in [5.74, 6) is -1.15. The van der Waals surface area contributed by atoms with E-state index in [0.717, 1.165) is 5.56 Å². The summed E-state index contributed by atoms with van der Waals surface area (Å²) >= 11 is 0. The first-order chi connectivity index (χ1) is 11.6. The minimum atomic E-state index is -0.812. The lowest BCUT2D eigenvalue weighted by Crippen LogP contribution is -2.28. The highest BCUT2D eigenvalue weighted by molar-refractivity contribution is 5.99. The predicted molar refractivity (Wildman–Crippen MR) is 91.4 cm³/mol. The van der Waals surface area contributed by atoms with E-state index in [1.54, 1.807) is 31.2 Å². The number of nitrogens with zero attached hydrogens (tertiary/aromatic N) is 1. The van der Waals surface area contributed by atoms with E-state index in [1.807, 2.05) is 30.3 Å². The van der Waals surface area contributed by atoms with Crippen LogP contribution < -0.4 is 5.56 Å². The van der Waals surface area contributed by atoms with Gasteiger partial charge in [-0.1, -0.05) is 42.5 Å². The van der Waals surface area contributed by atoms with E-state index < -0.39 is 11.5 Å². The minimum Gasteiger partial charge on any atom is -0.506 e. The molecular weight excluding hydrogens is 306 g/mol. The predicted octanol–water partition coefficient (Wildman–Crippen LogP) is 2.93. The lowest BCUT2D eigenvalue weighted by atomic mass is 10.1. The van der Waals surface area contributed by atoms with E-state index in [9.17, 15) is 14.7 Å². The van der Waals surface area contributed by atoms with E-state index in [0.29, 0.717) is 17.4 Å². The number of carbonyl (C=O) groups excluding carboxylic acids is 1. The third-order valence-electron chi connectivity index (χ3n) is 3.81. The van der Waals surface area contributed by atoms with Crippen molar-refractivity contribution in [1.29, 1.82) is 0 Å². The molecule has 0 bridgehead atoms. The molecule has 0 saturated heterocycles. The second-order valence-corrected chi connectivity index (χ2v) is 5.34. The number of rotatable bonds is 4. The number of fused-ring (bicyclic) bond motifs is 1. The van der Waals surface area contributed by atoms with Crippen LogP contribution in [0.4, 0.5) is 0 Å². The Morgan fingerprint density at radius 3 is 2.46 bits per heavy atom. The van der Waals surface area contributed by atoms with Crippen LogP contribution in [-0.4, -0.2) is 22.2 Å². The molecule has 122 valence electrons. The Kier molecular flexibility index (Phi) is 4.33. The molecule has 0 aliphatic carbocycles. The van der Waals surface area contributed by atoms with E-state index in [2.05, 4.69) is 0 Å². The Balaban J connectivity index is 2.27. The molecule has 3 rings (SSSR count). The van der Waals surface area contributed by atoms with E-state index in [1.165, 1.54) is 4.57 Å². The monoisotopic (exact) mass is 323 g/mol. The SMILES string of the molecule is CCOC(=O)c1c(O)c2ccccc2n(Cc2ccccc2)c1=O. The van der Waals surface area contributed by atoms with Crippen molar-refractivity contribution in [3.05, 3.63) is 76.1 Å². The fraction of sp³-hybridized carbons (Fsp3) is 0.158. The summed E-state index contributed by atoms with van der Waals surface area (Å²) in [6, 6.07) is 16.4. The van der Waals surface area contributed by atoms with Crippen molar-refractivity contribution in [2.24, 2.45) is 0 Å². The fourth-order valence-corrected chi connectivity index (χ4v) is 2.70. The summed E-state index contributed by atoms with van der Waals surface area (Å²) in [5, 5.41) is 10.8.